The summed E-state index contributed by atoms with van der Waals surface area (Å²) in [4.78, 5) is 20.3. The molecule has 0 spiro atoms. The highest BCUT2D eigenvalue weighted by Crippen LogP contribution is 2.60. The Labute approximate surface area is 280 Å². The molecule has 9 nitrogen and oxygen atoms in total. The minimum absolute atomic E-state index is 0.0861. The van der Waals surface area contributed by atoms with Crippen LogP contribution in [0.2, 0.25) is 23.2 Å². The fraction of sp³-hybridized carbons (Fsp3) is 0.714. The van der Waals surface area contributed by atoms with Crippen molar-refractivity contribution in [2.45, 2.75) is 115 Å². The fourth-order valence-electron chi connectivity index (χ4n) is 8.90. The van der Waals surface area contributed by atoms with Gasteiger partial charge in [0.25, 0.3) is 0 Å². The molecule has 0 radical (unpaired) electrons. The van der Waals surface area contributed by atoms with Crippen LogP contribution in [0.15, 0.2) is 30.5 Å². The van der Waals surface area contributed by atoms with Crippen LogP contribution in [-0.4, -0.2) is 48.4 Å². The Morgan fingerprint density at radius 1 is 1.07 bits per heavy atom. The molecule has 46 heavy (non-hydrogen) atoms. The quantitative estimate of drug-likeness (QED) is 0.117. The van der Waals surface area contributed by atoms with Crippen molar-refractivity contribution in [3.05, 3.63) is 51.2 Å². The first kappa shape index (κ1) is 33.6. The lowest BCUT2D eigenvalue weighted by molar-refractivity contribution is -0.384. The van der Waals surface area contributed by atoms with Crippen LogP contribution in [0.5, 0.6) is 0 Å². The second-order valence-corrected chi connectivity index (χ2v) is 21.6. The second kappa shape index (κ2) is 13.3. The first-order valence-electron chi connectivity index (χ1n) is 17.4. The van der Waals surface area contributed by atoms with Gasteiger partial charge in [-0.3, -0.25) is 10.1 Å². The Bertz CT molecular complexity index is 1380. The summed E-state index contributed by atoms with van der Waals surface area (Å²) in [5.74, 6) is 3.50. The van der Waals surface area contributed by atoms with E-state index in [2.05, 4.69) is 59.8 Å². The van der Waals surface area contributed by atoms with E-state index < -0.39 is 13.2 Å². The zero-order chi connectivity index (χ0) is 32.7. The van der Waals surface area contributed by atoms with Crippen molar-refractivity contribution in [1.29, 1.82) is 0 Å². The number of hydrogen-bond donors (Lipinski definition) is 3. The molecular formula is C35H53ClN6O3Si. The number of anilines is 2. The van der Waals surface area contributed by atoms with E-state index in [1.54, 1.807) is 0 Å². The summed E-state index contributed by atoms with van der Waals surface area (Å²) < 4.78 is 6.75. The number of nitrogens with one attached hydrogen (secondary N) is 3. The average molecular weight is 669 g/mol. The van der Waals surface area contributed by atoms with Gasteiger partial charge < -0.3 is 20.4 Å². The highest BCUT2D eigenvalue weighted by molar-refractivity contribution is 6.74. The van der Waals surface area contributed by atoms with E-state index in [-0.39, 0.29) is 16.1 Å². The molecule has 0 saturated heterocycles. The molecule has 1 aromatic carbocycles. The van der Waals surface area contributed by atoms with Crippen molar-refractivity contribution in [3.8, 4) is 0 Å². The SMILES string of the molecule is CC(C)(C)[Si](C)(C)O[C@H]1CC[C@H](CN[C@@H]2[C@@H]3CC4C[C@H]2C[C@@](CNc2nc(NCc5ccccc5Cl)ncc2[N+](=O)[O-])(C4)C3)CC1. The van der Waals surface area contributed by atoms with Crippen LogP contribution < -0.4 is 16.0 Å². The van der Waals surface area contributed by atoms with Crippen molar-refractivity contribution in [2.24, 2.45) is 29.1 Å². The molecule has 2 aromatic rings. The Morgan fingerprint density at radius 3 is 2.41 bits per heavy atom. The van der Waals surface area contributed by atoms with Gasteiger partial charge in [-0.15, -0.1) is 0 Å². The molecule has 3 N–H and O–H groups in total. The maximum atomic E-state index is 11.9. The lowest BCUT2D eigenvalue weighted by atomic mass is 9.48. The molecule has 5 atom stereocenters. The molecular weight excluding hydrogens is 616 g/mol. The van der Waals surface area contributed by atoms with Gasteiger partial charge in [-0.2, -0.15) is 4.98 Å². The zero-order valence-electron chi connectivity index (χ0n) is 28.3. The summed E-state index contributed by atoms with van der Waals surface area (Å²) in [7, 11) is -1.71. The summed E-state index contributed by atoms with van der Waals surface area (Å²) in [5, 5.41) is 23.5. The maximum absolute atomic E-state index is 11.9. The van der Waals surface area contributed by atoms with E-state index in [1.807, 2.05) is 24.3 Å². The molecule has 5 fully saturated rings. The van der Waals surface area contributed by atoms with Gasteiger partial charge in [-0.1, -0.05) is 50.6 Å². The molecule has 7 rings (SSSR count). The number of nitrogens with zero attached hydrogens (tertiary/aromatic N) is 3. The smallest absolute Gasteiger partial charge is 0.329 e. The van der Waals surface area contributed by atoms with Crippen LogP contribution in [0.3, 0.4) is 0 Å². The van der Waals surface area contributed by atoms with Crippen molar-refractivity contribution >= 4 is 37.4 Å². The van der Waals surface area contributed by atoms with Crippen LogP contribution >= 0.6 is 11.6 Å². The molecule has 1 unspecified atom stereocenters. The zero-order valence-corrected chi connectivity index (χ0v) is 30.0. The molecule has 1 aromatic heterocycles. The fourth-order valence-corrected chi connectivity index (χ4v) is 10.5. The summed E-state index contributed by atoms with van der Waals surface area (Å²) in [6.07, 6.45) is 12.8. The van der Waals surface area contributed by atoms with E-state index in [0.29, 0.717) is 53.9 Å². The van der Waals surface area contributed by atoms with Crippen LogP contribution in [0.4, 0.5) is 17.5 Å². The molecule has 0 aliphatic heterocycles. The van der Waals surface area contributed by atoms with Gasteiger partial charge in [0, 0.05) is 30.3 Å². The molecule has 252 valence electrons. The van der Waals surface area contributed by atoms with Crippen molar-refractivity contribution in [3.63, 3.8) is 0 Å². The molecule has 1 heterocycles. The van der Waals surface area contributed by atoms with E-state index in [4.69, 9.17) is 16.0 Å². The van der Waals surface area contributed by atoms with Gasteiger partial charge >= 0.3 is 5.69 Å². The predicted molar refractivity (Wildman–Crippen MR) is 188 cm³/mol. The molecule has 5 saturated carbocycles. The molecule has 5 aliphatic rings. The predicted octanol–water partition coefficient (Wildman–Crippen LogP) is 8.43. The summed E-state index contributed by atoms with van der Waals surface area (Å²) in [6, 6.07) is 8.18. The molecule has 0 amide bonds. The van der Waals surface area contributed by atoms with Crippen LogP contribution in [0, 0.1) is 39.2 Å². The summed E-state index contributed by atoms with van der Waals surface area (Å²) in [5.41, 5.74) is 0.996. The normalized spacial score (nSPS) is 30.7. The van der Waals surface area contributed by atoms with Crippen LogP contribution in [0.1, 0.15) is 84.1 Å². The highest BCUT2D eigenvalue weighted by Gasteiger charge is 2.55. The van der Waals surface area contributed by atoms with Gasteiger partial charge in [0.15, 0.2) is 8.32 Å². The monoisotopic (exact) mass is 668 g/mol. The summed E-state index contributed by atoms with van der Waals surface area (Å²) >= 11 is 6.30. The third-order valence-corrected chi connectivity index (χ3v) is 17.0. The highest BCUT2D eigenvalue weighted by atomic mass is 35.5. The van der Waals surface area contributed by atoms with E-state index in [1.165, 1.54) is 64.0 Å². The largest absolute Gasteiger partial charge is 0.414 e. The Kier molecular flexibility index (Phi) is 9.74. The topological polar surface area (TPSA) is 114 Å². The lowest BCUT2D eigenvalue weighted by Crippen LogP contribution is -2.60. The Balaban J connectivity index is 1.03. The summed E-state index contributed by atoms with van der Waals surface area (Å²) in [6.45, 7) is 14.0. The van der Waals surface area contributed by atoms with Gasteiger partial charge in [-0.25, -0.2) is 4.98 Å². The average Bonchev–Trinajstić information content (AvgIpc) is 2.99. The Morgan fingerprint density at radius 2 is 1.76 bits per heavy atom. The van der Waals surface area contributed by atoms with Gasteiger partial charge in [0.1, 0.15) is 6.20 Å². The first-order chi connectivity index (χ1) is 21.8. The number of nitro groups is 1. The van der Waals surface area contributed by atoms with E-state index >= 15 is 0 Å². The van der Waals surface area contributed by atoms with Crippen LogP contribution in [-0.2, 0) is 11.0 Å². The van der Waals surface area contributed by atoms with Gasteiger partial charge in [0.2, 0.25) is 11.8 Å². The third-order valence-electron chi connectivity index (χ3n) is 12.1. The molecule has 5 aliphatic carbocycles. The lowest BCUT2D eigenvalue weighted by Gasteiger charge is -2.60. The standard InChI is InChI=1S/C35H53ClN6O3Si/c1-34(2,3)46(4,5)45-28-12-10-23(11-13-28)19-37-31-26-14-24-15-27(31)18-35(16-24,17-26)22-40-32-30(42(43)44)21-39-33(41-32)38-20-25-8-6-7-9-29(25)36/h6-9,21,23-24,26-28,31,37H,10-20,22H2,1-5H3,(H2,38,39,40,41)/t23-,24?,26-,27+,28-,31-,35-. The molecule has 11 heteroatoms. The molecule has 4 bridgehead atoms. The van der Waals surface area contributed by atoms with Crippen molar-refractivity contribution in [2.75, 3.05) is 23.7 Å². The number of aromatic nitrogens is 2. The van der Waals surface area contributed by atoms with Gasteiger partial charge in [-0.05, 0) is 123 Å². The van der Waals surface area contributed by atoms with Crippen molar-refractivity contribution in [1.82, 2.24) is 15.3 Å². The minimum atomic E-state index is -1.71. The number of benzene rings is 1. The minimum Gasteiger partial charge on any atom is -0.414 e. The third kappa shape index (κ3) is 7.40. The number of halogens is 1. The maximum Gasteiger partial charge on any atom is 0.329 e. The van der Waals surface area contributed by atoms with Crippen LogP contribution in [0.25, 0.3) is 0 Å². The second-order valence-electron chi connectivity index (χ2n) is 16.4. The first-order valence-corrected chi connectivity index (χ1v) is 20.7. The van der Waals surface area contributed by atoms with Gasteiger partial charge in [0.05, 0.1) is 4.92 Å². The van der Waals surface area contributed by atoms with E-state index in [0.717, 1.165) is 23.9 Å². The van der Waals surface area contributed by atoms with Crippen molar-refractivity contribution < 1.29 is 9.35 Å². The number of rotatable bonds is 12. The Hall–Kier alpha value is -2.27. The number of hydrogen-bond acceptors (Lipinski definition) is 8. The van der Waals surface area contributed by atoms with E-state index in [9.17, 15) is 10.1 Å².